The van der Waals surface area contributed by atoms with E-state index in [0.29, 0.717) is 21.5 Å². The summed E-state index contributed by atoms with van der Waals surface area (Å²) < 4.78 is 53.3. The van der Waals surface area contributed by atoms with Gasteiger partial charge < -0.3 is 9.47 Å². The highest BCUT2D eigenvalue weighted by Crippen LogP contribution is 2.35. The van der Waals surface area contributed by atoms with Crippen LogP contribution in [0.15, 0.2) is 76.1 Å². The number of carbonyl (C=O) groups is 2. The van der Waals surface area contributed by atoms with Gasteiger partial charge >= 0.3 is 0 Å². The standard InChI is InChI=1S/C24H18BrFN2O6S/c25-16-2-8-19(9-3-16)35(31,32)27(13-15-1-10-21-22(11-15)34-14-33-21)20-12-23(29)28(24(20)30)18-6-4-17(26)5-7-18/h1-11,20H,12-14H2. The van der Waals surface area contributed by atoms with Crippen LogP contribution >= 0.6 is 15.9 Å². The highest BCUT2D eigenvalue weighted by Gasteiger charge is 2.47. The third kappa shape index (κ3) is 4.42. The predicted molar refractivity (Wildman–Crippen MR) is 127 cm³/mol. The summed E-state index contributed by atoms with van der Waals surface area (Å²) in [4.78, 5) is 27.1. The maximum absolute atomic E-state index is 13.7. The van der Waals surface area contributed by atoms with E-state index in [1.54, 1.807) is 30.3 Å². The van der Waals surface area contributed by atoms with Gasteiger partial charge in [-0.2, -0.15) is 4.31 Å². The van der Waals surface area contributed by atoms with Crippen molar-refractivity contribution in [2.24, 2.45) is 0 Å². The Labute approximate surface area is 209 Å². The summed E-state index contributed by atoms with van der Waals surface area (Å²) in [6.07, 6.45) is -0.351. The number of amides is 2. The molecule has 2 aliphatic heterocycles. The van der Waals surface area contributed by atoms with Crippen LogP contribution in [0.5, 0.6) is 11.5 Å². The molecule has 3 aromatic carbocycles. The van der Waals surface area contributed by atoms with Gasteiger partial charge in [-0.3, -0.25) is 9.59 Å². The Kier molecular flexibility index (Phi) is 6.07. The topological polar surface area (TPSA) is 93.2 Å². The number of sulfonamides is 1. The van der Waals surface area contributed by atoms with Gasteiger partial charge in [-0.25, -0.2) is 17.7 Å². The van der Waals surface area contributed by atoms with Crippen LogP contribution in [0.3, 0.4) is 0 Å². The average molecular weight is 561 g/mol. The Morgan fingerprint density at radius 2 is 1.66 bits per heavy atom. The maximum atomic E-state index is 13.7. The molecular formula is C24H18BrFN2O6S. The number of halogens is 2. The van der Waals surface area contributed by atoms with Gasteiger partial charge in [0.1, 0.15) is 11.9 Å². The normalized spacial score (nSPS) is 17.5. The number of rotatable bonds is 6. The first-order valence-electron chi connectivity index (χ1n) is 10.5. The second kappa shape index (κ2) is 9.06. The van der Waals surface area contributed by atoms with Crippen molar-refractivity contribution in [1.82, 2.24) is 4.31 Å². The predicted octanol–water partition coefficient (Wildman–Crippen LogP) is 3.84. The zero-order chi connectivity index (χ0) is 24.7. The summed E-state index contributed by atoms with van der Waals surface area (Å²) in [7, 11) is -4.20. The van der Waals surface area contributed by atoms with Crippen LogP contribution in [0.2, 0.25) is 0 Å². The molecule has 8 nitrogen and oxygen atoms in total. The third-order valence-corrected chi connectivity index (χ3v) is 8.15. The molecule has 0 saturated carbocycles. The number of fused-ring (bicyclic) bond motifs is 1. The first kappa shape index (κ1) is 23.5. The largest absolute Gasteiger partial charge is 0.454 e. The van der Waals surface area contributed by atoms with Crippen LogP contribution in [0.25, 0.3) is 0 Å². The molecule has 2 amide bonds. The van der Waals surface area contributed by atoms with Crippen molar-refractivity contribution < 1.29 is 31.9 Å². The average Bonchev–Trinajstić information content (AvgIpc) is 3.41. The van der Waals surface area contributed by atoms with Crippen LogP contribution in [-0.4, -0.2) is 37.4 Å². The van der Waals surface area contributed by atoms with E-state index in [-0.39, 0.29) is 30.3 Å². The number of nitrogens with zero attached hydrogens (tertiary/aromatic N) is 2. The SMILES string of the molecule is O=C1CC(N(Cc2ccc3c(c2)OCO3)S(=O)(=O)c2ccc(Br)cc2)C(=O)N1c1ccc(F)cc1. The van der Waals surface area contributed by atoms with Crippen molar-refractivity contribution in [3.8, 4) is 11.5 Å². The Bertz CT molecular complexity index is 1410. The Morgan fingerprint density at radius 3 is 2.37 bits per heavy atom. The van der Waals surface area contributed by atoms with E-state index in [1.807, 2.05) is 0 Å². The molecule has 2 aliphatic rings. The quantitative estimate of drug-likeness (QED) is 0.425. The fourth-order valence-electron chi connectivity index (χ4n) is 4.03. The summed E-state index contributed by atoms with van der Waals surface area (Å²) in [6.45, 7) is -0.127. The lowest BCUT2D eigenvalue weighted by atomic mass is 10.1. The molecule has 2 heterocycles. The molecule has 1 unspecified atom stereocenters. The summed E-state index contributed by atoms with van der Waals surface area (Å²) in [6, 6.07) is 14.6. The molecule has 0 radical (unpaired) electrons. The zero-order valence-electron chi connectivity index (χ0n) is 18.1. The molecule has 1 atom stereocenters. The van der Waals surface area contributed by atoms with Crippen molar-refractivity contribution in [3.05, 3.63) is 82.6 Å². The van der Waals surface area contributed by atoms with Crippen molar-refractivity contribution in [2.75, 3.05) is 11.7 Å². The van der Waals surface area contributed by atoms with Gasteiger partial charge in [0.05, 0.1) is 17.0 Å². The van der Waals surface area contributed by atoms with Gasteiger partial charge in [-0.15, -0.1) is 0 Å². The van der Waals surface area contributed by atoms with Crippen LogP contribution in [0.1, 0.15) is 12.0 Å². The van der Waals surface area contributed by atoms with E-state index in [9.17, 15) is 22.4 Å². The molecule has 0 aromatic heterocycles. The molecule has 35 heavy (non-hydrogen) atoms. The lowest BCUT2D eigenvalue weighted by molar-refractivity contribution is -0.122. The first-order valence-corrected chi connectivity index (χ1v) is 12.8. The van der Waals surface area contributed by atoms with E-state index in [0.717, 1.165) is 21.3 Å². The second-order valence-electron chi connectivity index (χ2n) is 7.96. The lowest BCUT2D eigenvalue weighted by Crippen LogP contribution is -2.45. The minimum Gasteiger partial charge on any atom is -0.454 e. The molecule has 1 saturated heterocycles. The Hall–Kier alpha value is -3.28. The minimum absolute atomic E-state index is 0.0260. The van der Waals surface area contributed by atoms with E-state index < -0.39 is 33.7 Å². The van der Waals surface area contributed by atoms with Gasteiger partial charge in [0.25, 0.3) is 5.91 Å². The van der Waals surface area contributed by atoms with Crippen molar-refractivity contribution >= 4 is 43.5 Å². The van der Waals surface area contributed by atoms with E-state index >= 15 is 0 Å². The molecule has 11 heteroatoms. The fraction of sp³-hybridized carbons (Fsp3) is 0.167. The minimum atomic E-state index is -4.20. The van der Waals surface area contributed by atoms with E-state index in [4.69, 9.17) is 9.47 Å². The molecule has 5 rings (SSSR count). The molecule has 1 fully saturated rings. The van der Waals surface area contributed by atoms with Gasteiger partial charge in [0.2, 0.25) is 22.7 Å². The molecule has 0 bridgehead atoms. The van der Waals surface area contributed by atoms with Crippen LogP contribution in [0.4, 0.5) is 10.1 Å². The second-order valence-corrected chi connectivity index (χ2v) is 10.8. The summed E-state index contributed by atoms with van der Waals surface area (Å²) in [5.41, 5.74) is 0.725. The Morgan fingerprint density at radius 1 is 0.971 bits per heavy atom. The summed E-state index contributed by atoms with van der Waals surface area (Å²) in [5.74, 6) is -0.807. The van der Waals surface area contributed by atoms with Crippen molar-refractivity contribution in [1.29, 1.82) is 0 Å². The number of carbonyl (C=O) groups excluding carboxylic acids is 2. The molecule has 3 aromatic rings. The number of benzene rings is 3. The van der Waals surface area contributed by atoms with Crippen molar-refractivity contribution in [3.63, 3.8) is 0 Å². The molecular weight excluding hydrogens is 543 g/mol. The van der Waals surface area contributed by atoms with Gasteiger partial charge in [0.15, 0.2) is 11.5 Å². The number of hydrogen-bond acceptors (Lipinski definition) is 6. The van der Waals surface area contributed by atoms with Crippen LogP contribution in [-0.2, 0) is 26.2 Å². The third-order valence-electron chi connectivity index (χ3n) is 5.75. The highest BCUT2D eigenvalue weighted by atomic mass is 79.9. The molecule has 180 valence electrons. The number of imide groups is 1. The van der Waals surface area contributed by atoms with Crippen LogP contribution in [0, 0.1) is 5.82 Å². The summed E-state index contributed by atoms with van der Waals surface area (Å²) in [5, 5.41) is 0. The highest BCUT2D eigenvalue weighted by molar-refractivity contribution is 9.10. The molecule has 0 aliphatic carbocycles. The van der Waals surface area contributed by atoms with E-state index in [1.165, 1.54) is 24.3 Å². The van der Waals surface area contributed by atoms with Gasteiger partial charge in [0, 0.05) is 11.0 Å². The first-order chi connectivity index (χ1) is 16.7. The number of hydrogen-bond donors (Lipinski definition) is 0. The smallest absolute Gasteiger partial charge is 0.252 e. The lowest BCUT2D eigenvalue weighted by Gasteiger charge is -2.27. The monoisotopic (exact) mass is 560 g/mol. The number of ether oxygens (including phenoxy) is 2. The fourth-order valence-corrected chi connectivity index (χ4v) is 5.86. The summed E-state index contributed by atoms with van der Waals surface area (Å²) >= 11 is 3.29. The molecule has 0 spiro atoms. The van der Waals surface area contributed by atoms with Gasteiger partial charge in [-0.05, 0) is 66.2 Å². The maximum Gasteiger partial charge on any atom is 0.252 e. The zero-order valence-corrected chi connectivity index (χ0v) is 20.5. The van der Waals surface area contributed by atoms with E-state index in [2.05, 4.69) is 15.9 Å². The van der Waals surface area contributed by atoms with Crippen molar-refractivity contribution in [2.45, 2.75) is 23.9 Å². The van der Waals surface area contributed by atoms with Crippen LogP contribution < -0.4 is 14.4 Å². The Balaban J connectivity index is 1.54. The molecule has 0 N–H and O–H groups in total. The number of anilines is 1. The van der Waals surface area contributed by atoms with Gasteiger partial charge in [-0.1, -0.05) is 22.0 Å².